The van der Waals surface area contributed by atoms with Crippen LogP contribution in [-0.2, 0) is 0 Å². The van der Waals surface area contributed by atoms with Crippen LogP contribution in [0.15, 0.2) is 17.8 Å². The highest BCUT2D eigenvalue weighted by Crippen LogP contribution is 2.23. The molecule has 0 amide bonds. The minimum absolute atomic E-state index is 0.335. The zero-order valence-corrected chi connectivity index (χ0v) is 9.95. The van der Waals surface area contributed by atoms with E-state index in [1.165, 1.54) is 11.3 Å². The number of hydrogen-bond acceptors (Lipinski definition) is 6. The van der Waals surface area contributed by atoms with Crippen LogP contribution in [0.5, 0.6) is 0 Å². The maximum atomic E-state index is 5.39. The SMILES string of the molecule is CC(C)c1cc(NN)nc(-c2cncs2)n1. The van der Waals surface area contributed by atoms with Gasteiger partial charge >= 0.3 is 0 Å². The van der Waals surface area contributed by atoms with E-state index in [0.29, 0.717) is 17.6 Å². The quantitative estimate of drug-likeness (QED) is 0.628. The number of nitrogens with zero attached hydrogens (tertiary/aromatic N) is 3. The number of nitrogens with two attached hydrogens (primary N) is 1. The second kappa shape index (κ2) is 4.54. The lowest BCUT2D eigenvalue weighted by molar-refractivity contribution is 0.817. The van der Waals surface area contributed by atoms with Gasteiger partial charge in [-0.15, -0.1) is 11.3 Å². The largest absolute Gasteiger partial charge is 0.308 e. The molecule has 0 aliphatic carbocycles. The molecule has 2 heterocycles. The van der Waals surface area contributed by atoms with Crippen molar-refractivity contribution in [2.45, 2.75) is 19.8 Å². The Morgan fingerprint density at radius 3 is 2.75 bits per heavy atom. The fourth-order valence-corrected chi connectivity index (χ4v) is 1.83. The monoisotopic (exact) mass is 235 g/mol. The van der Waals surface area contributed by atoms with E-state index < -0.39 is 0 Å². The van der Waals surface area contributed by atoms with Crippen molar-refractivity contribution in [2.24, 2.45) is 5.84 Å². The van der Waals surface area contributed by atoms with E-state index in [2.05, 4.69) is 34.2 Å². The van der Waals surface area contributed by atoms with Crippen LogP contribution in [0.1, 0.15) is 25.5 Å². The van der Waals surface area contributed by atoms with Crippen molar-refractivity contribution in [1.29, 1.82) is 0 Å². The highest BCUT2D eigenvalue weighted by molar-refractivity contribution is 7.13. The molecule has 16 heavy (non-hydrogen) atoms. The van der Waals surface area contributed by atoms with Gasteiger partial charge in [0, 0.05) is 18.0 Å². The number of anilines is 1. The van der Waals surface area contributed by atoms with Crippen molar-refractivity contribution in [1.82, 2.24) is 15.0 Å². The van der Waals surface area contributed by atoms with Gasteiger partial charge in [0.1, 0.15) is 5.82 Å². The summed E-state index contributed by atoms with van der Waals surface area (Å²) < 4.78 is 0. The third-order valence-corrected chi connectivity index (χ3v) is 2.91. The normalized spacial score (nSPS) is 10.8. The highest BCUT2D eigenvalue weighted by Gasteiger charge is 2.09. The first kappa shape index (κ1) is 11.0. The summed E-state index contributed by atoms with van der Waals surface area (Å²) in [4.78, 5) is 13.7. The third-order valence-electron chi connectivity index (χ3n) is 2.14. The molecule has 3 N–H and O–H groups in total. The number of hydrogen-bond donors (Lipinski definition) is 2. The van der Waals surface area contributed by atoms with Gasteiger partial charge in [-0.2, -0.15) is 0 Å². The molecule has 0 unspecified atom stereocenters. The number of rotatable bonds is 3. The lowest BCUT2D eigenvalue weighted by Gasteiger charge is -2.08. The topological polar surface area (TPSA) is 76.7 Å². The van der Waals surface area contributed by atoms with Crippen LogP contribution in [0.2, 0.25) is 0 Å². The molecule has 0 saturated carbocycles. The maximum absolute atomic E-state index is 5.39. The van der Waals surface area contributed by atoms with Crippen LogP contribution < -0.4 is 11.3 Å². The summed E-state index contributed by atoms with van der Waals surface area (Å²) in [6.07, 6.45) is 1.75. The number of nitrogens with one attached hydrogen (secondary N) is 1. The number of thiazole rings is 1. The molecule has 0 radical (unpaired) electrons. The summed E-state index contributed by atoms with van der Waals surface area (Å²) in [7, 11) is 0. The standard InChI is InChI=1S/C10H13N5S/c1-6(2)7-3-9(15-11)14-10(13-7)8-4-12-5-16-8/h3-6H,11H2,1-2H3,(H,13,14,15). The van der Waals surface area contributed by atoms with Crippen LogP contribution in [0.25, 0.3) is 10.7 Å². The molecule has 0 bridgehead atoms. The summed E-state index contributed by atoms with van der Waals surface area (Å²) in [6, 6.07) is 1.86. The van der Waals surface area contributed by atoms with Gasteiger partial charge in [0.15, 0.2) is 5.82 Å². The minimum Gasteiger partial charge on any atom is -0.308 e. The number of nitrogen functional groups attached to an aromatic ring is 1. The first-order valence-corrected chi connectivity index (χ1v) is 5.83. The lowest BCUT2D eigenvalue weighted by atomic mass is 10.1. The average Bonchev–Trinajstić information content (AvgIpc) is 2.81. The highest BCUT2D eigenvalue weighted by atomic mass is 32.1. The first-order chi connectivity index (χ1) is 7.70. The molecule has 0 aliphatic rings. The lowest BCUT2D eigenvalue weighted by Crippen LogP contribution is -2.10. The van der Waals surface area contributed by atoms with Crippen molar-refractivity contribution < 1.29 is 0 Å². The molecule has 0 atom stereocenters. The van der Waals surface area contributed by atoms with Crippen LogP contribution in [-0.4, -0.2) is 15.0 Å². The Morgan fingerprint density at radius 1 is 1.38 bits per heavy atom. The molecule has 0 aliphatic heterocycles. The summed E-state index contributed by atoms with van der Waals surface area (Å²) in [5.74, 6) is 7.02. The molecule has 0 saturated heterocycles. The van der Waals surface area contributed by atoms with Crippen molar-refractivity contribution in [3.8, 4) is 10.7 Å². The zero-order chi connectivity index (χ0) is 11.5. The fraction of sp³-hybridized carbons (Fsp3) is 0.300. The van der Waals surface area contributed by atoms with E-state index in [4.69, 9.17) is 5.84 Å². The van der Waals surface area contributed by atoms with E-state index in [1.54, 1.807) is 11.7 Å². The summed E-state index contributed by atoms with van der Waals surface area (Å²) in [6.45, 7) is 4.16. The van der Waals surface area contributed by atoms with Crippen LogP contribution >= 0.6 is 11.3 Å². The Kier molecular flexibility index (Phi) is 3.12. The molecule has 0 spiro atoms. The summed E-state index contributed by atoms with van der Waals surface area (Å²) in [5, 5.41) is 0. The number of hydrazine groups is 1. The van der Waals surface area contributed by atoms with Gasteiger partial charge in [-0.25, -0.2) is 15.8 Å². The Bertz CT molecular complexity index is 466. The smallest absolute Gasteiger partial charge is 0.173 e. The zero-order valence-electron chi connectivity index (χ0n) is 9.14. The molecule has 2 aromatic rings. The van der Waals surface area contributed by atoms with Gasteiger partial charge < -0.3 is 5.43 Å². The molecular weight excluding hydrogens is 222 g/mol. The molecule has 0 aromatic carbocycles. The van der Waals surface area contributed by atoms with E-state index in [9.17, 15) is 0 Å². The fourth-order valence-electron chi connectivity index (χ4n) is 1.27. The van der Waals surface area contributed by atoms with Crippen molar-refractivity contribution in [2.75, 3.05) is 5.43 Å². The van der Waals surface area contributed by atoms with Crippen molar-refractivity contribution >= 4 is 17.2 Å². The second-order valence-corrected chi connectivity index (χ2v) is 4.55. The van der Waals surface area contributed by atoms with E-state index in [0.717, 1.165) is 10.6 Å². The Hall–Kier alpha value is -1.53. The molecule has 84 valence electrons. The Balaban J connectivity index is 2.49. The Morgan fingerprint density at radius 2 is 2.19 bits per heavy atom. The van der Waals surface area contributed by atoms with Crippen LogP contribution in [0.4, 0.5) is 5.82 Å². The predicted octanol–water partition coefficient (Wildman–Crippen LogP) is 2.01. The third kappa shape index (κ3) is 2.17. The van der Waals surface area contributed by atoms with Gasteiger partial charge in [-0.1, -0.05) is 13.8 Å². The summed E-state index contributed by atoms with van der Waals surface area (Å²) >= 11 is 1.51. The molecule has 5 nitrogen and oxygen atoms in total. The van der Waals surface area contributed by atoms with E-state index >= 15 is 0 Å². The van der Waals surface area contributed by atoms with Crippen LogP contribution in [0, 0.1) is 0 Å². The van der Waals surface area contributed by atoms with Gasteiger partial charge in [0.05, 0.1) is 10.4 Å². The molecule has 6 heteroatoms. The van der Waals surface area contributed by atoms with Crippen molar-refractivity contribution in [3.05, 3.63) is 23.5 Å². The van der Waals surface area contributed by atoms with E-state index in [-0.39, 0.29) is 0 Å². The molecule has 2 rings (SSSR count). The van der Waals surface area contributed by atoms with Gasteiger partial charge in [-0.3, -0.25) is 4.98 Å². The Labute approximate surface area is 97.7 Å². The van der Waals surface area contributed by atoms with Gasteiger partial charge in [0.25, 0.3) is 0 Å². The van der Waals surface area contributed by atoms with Gasteiger partial charge in [0.2, 0.25) is 0 Å². The minimum atomic E-state index is 0.335. The van der Waals surface area contributed by atoms with Crippen LogP contribution in [0.3, 0.4) is 0 Å². The number of aromatic nitrogens is 3. The van der Waals surface area contributed by atoms with E-state index in [1.807, 2.05) is 6.07 Å². The average molecular weight is 235 g/mol. The summed E-state index contributed by atoms with van der Waals surface area (Å²) in [5.41, 5.74) is 5.28. The molecule has 2 aromatic heterocycles. The van der Waals surface area contributed by atoms with Gasteiger partial charge in [-0.05, 0) is 5.92 Å². The first-order valence-electron chi connectivity index (χ1n) is 4.95. The molecule has 0 fully saturated rings. The predicted molar refractivity (Wildman–Crippen MR) is 65.0 cm³/mol. The second-order valence-electron chi connectivity index (χ2n) is 3.67. The van der Waals surface area contributed by atoms with Crippen molar-refractivity contribution in [3.63, 3.8) is 0 Å². The molecular formula is C10H13N5S. The maximum Gasteiger partial charge on any atom is 0.173 e.